The molecule has 1 aromatic carbocycles. The third kappa shape index (κ3) is 3.03. The lowest BCUT2D eigenvalue weighted by molar-refractivity contribution is 0.0967. The molecular weight excluding hydrogens is 160 g/mol. The SMILES string of the molecule is C/C=C/C(OCC)c1ccccc1. The number of allylic oxidation sites excluding steroid dienone is 1. The summed E-state index contributed by atoms with van der Waals surface area (Å²) in [6.07, 6.45) is 4.20. The molecule has 1 heteroatoms. The Morgan fingerprint density at radius 2 is 2.00 bits per heavy atom. The average Bonchev–Trinajstić information content (AvgIpc) is 2.19. The lowest BCUT2D eigenvalue weighted by atomic mass is 10.1. The molecule has 0 aliphatic carbocycles. The molecule has 0 spiro atoms. The van der Waals surface area contributed by atoms with Gasteiger partial charge in [0.15, 0.2) is 0 Å². The van der Waals surface area contributed by atoms with Gasteiger partial charge in [0, 0.05) is 6.61 Å². The summed E-state index contributed by atoms with van der Waals surface area (Å²) in [6, 6.07) is 10.2. The maximum absolute atomic E-state index is 5.58. The Labute approximate surface area is 80.0 Å². The molecule has 70 valence electrons. The van der Waals surface area contributed by atoms with Gasteiger partial charge >= 0.3 is 0 Å². The summed E-state index contributed by atoms with van der Waals surface area (Å²) in [5.41, 5.74) is 1.21. The van der Waals surface area contributed by atoms with Crippen LogP contribution in [0, 0.1) is 0 Å². The first kappa shape index (κ1) is 10.0. The van der Waals surface area contributed by atoms with Crippen molar-refractivity contribution < 1.29 is 4.74 Å². The van der Waals surface area contributed by atoms with Crippen molar-refractivity contribution in [2.75, 3.05) is 6.61 Å². The number of hydrogen-bond acceptors (Lipinski definition) is 1. The topological polar surface area (TPSA) is 9.23 Å². The first-order chi connectivity index (χ1) is 6.38. The third-order valence-corrected chi connectivity index (χ3v) is 1.84. The van der Waals surface area contributed by atoms with Gasteiger partial charge in [-0.25, -0.2) is 0 Å². The highest BCUT2D eigenvalue weighted by Crippen LogP contribution is 2.17. The van der Waals surface area contributed by atoms with Crippen molar-refractivity contribution in [2.45, 2.75) is 20.0 Å². The number of rotatable bonds is 4. The van der Waals surface area contributed by atoms with E-state index in [9.17, 15) is 0 Å². The van der Waals surface area contributed by atoms with Crippen LogP contribution in [0.25, 0.3) is 0 Å². The minimum absolute atomic E-state index is 0.108. The largest absolute Gasteiger partial charge is 0.370 e. The maximum Gasteiger partial charge on any atom is 0.101 e. The minimum Gasteiger partial charge on any atom is -0.370 e. The average molecular weight is 176 g/mol. The zero-order chi connectivity index (χ0) is 9.52. The molecule has 0 aromatic heterocycles. The normalized spacial score (nSPS) is 13.4. The molecule has 0 saturated carbocycles. The van der Waals surface area contributed by atoms with Crippen molar-refractivity contribution in [2.24, 2.45) is 0 Å². The van der Waals surface area contributed by atoms with Crippen LogP contribution in [0.15, 0.2) is 42.5 Å². The third-order valence-electron chi connectivity index (χ3n) is 1.84. The van der Waals surface area contributed by atoms with Crippen molar-refractivity contribution in [1.82, 2.24) is 0 Å². The van der Waals surface area contributed by atoms with Crippen LogP contribution in [0.5, 0.6) is 0 Å². The summed E-state index contributed by atoms with van der Waals surface area (Å²) in [6.45, 7) is 4.76. The van der Waals surface area contributed by atoms with Crippen molar-refractivity contribution >= 4 is 0 Å². The molecule has 1 nitrogen and oxygen atoms in total. The van der Waals surface area contributed by atoms with E-state index in [1.54, 1.807) is 0 Å². The molecule has 13 heavy (non-hydrogen) atoms. The second-order valence-electron chi connectivity index (χ2n) is 2.81. The molecule has 0 bridgehead atoms. The van der Waals surface area contributed by atoms with Gasteiger partial charge in [0.25, 0.3) is 0 Å². The van der Waals surface area contributed by atoms with E-state index in [1.807, 2.05) is 38.1 Å². The quantitative estimate of drug-likeness (QED) is 0.639. The Morgan fingerprint density at radius 3 is 2.54 bits per heavy atom. The molecule has 1 aromatic rings. The molecule has 1 unspecified atom stereocenters. The van der Waals surface area contributed by atoms with E-state index in [2.05, 4.69) is 18.2 Å². The molecule has 0 fully saturated rings. The fraction of sp³-hybridized carbons (Fsp3) is 0.333. The first-order valence-corrected chi connectivity index (χ1v) is 4.67. The lowest BCUT2D eigenvalue weighted by Gasteiger charge is -2.12. The smallest absolute Gasteiger partial charge is 0.101 e. The maximum atomic E-state index is 5.58. The van der Waals surface area contributed by atoms with Crippen LogP contribution in [0.3, 0.4) is 0 Å². The van der Waals surface area contributed by atoms with Gasteiger partial charge in [-0.2, -0.15) is 0 Å². The Bertz CT molecular complexity index is 251. The Hall–Kier alpha value is -1.08. The predicted molar refractivity (Wildman–Crippen MR) is 55.6 cm³/mol. The van der Waals surface area contributed by atoms with E-state index in [1.165, 1.54) is 5.56 Å². The summed E-state index contributed by atoms with van der Waals surface area (Å²) < 4.78 is 5.58. The van der Waals surface area contributed by atoms with Gasteiger partial charge in [0.2, 0.25) is 0 Å². The zero-order valence-electron chi connectivity index (χ0n) is 8.23. The Balaban J connectivity index is 2.76. The fourth-order valence-electron chi connectivity index (χ4n) is 1.26. The highest BCUT2D eigenvalue weighted by Gasteiger charge is 2.04. The summed E-state index contributed by atoms with van der Waals surface area (Å²) in [5, 5.41) is 0. The molecule has 1 atom stereocenters. The van der Waals surface area contributed by atoms with E-state index in [-0.39, 0.29) is 6.10 Å². The summed E-state index contributed by atoms with van der Waals surface area (Å²) in [4.78, 5) is 0. The number of hydrogen-bond donors (Lipinski definition) is 0. The van der Waals surface area contributed by atoms with Gasteiger partial charge in [-0.05, 0) is 19.4 Å². The van der Waals surface area contributed by atoms with Gasteiger partial charge in [-0.15, -0.1) is 0 Å². The molecule has 0 amide bonds. The number of ether oxygens (including phenoxy) is 1. The highest BCUT2D eigenvalue weighted by molar-refractivity contribution is 5.21. The Morgan fingerprint density at radius 1 is 1.31 bits per heavy atom. The van der Waals surface area contributed by atoms with Gasteiger partial charge < -0.3 is 4.74 Å². The van der Waals surface area contributed by atoms with Gasteiger partial charge in [0.1, 0.15) is 6.10 Å². The Kier molecular flexibility index (Phi) is 4.27. The van der Waals surface area contributed by atoms with E-state index >= 15 is 0 Å². The molecule has 0 radical (unpaired) electrons. The molecule has 0 aliphatic heterocycles. The van der Waals surface area contributed by atoms with E-state index in [4.69, 9.17) is 4.74 Å². The van der Waals surface area contributed by atoms with Crippen molar-refractivity contribution in [3.05, 3.63) is 48.0 Å². The summed E-state index contributed by atoms with van der Waals surface area (Å²) in [7, 11) is 0. The molecule has 0 aliphatic rings. The first-order valence-electron chi connectivity index (χ1n) is 4.67. The second-order valence-corrected chi connectivity index (χ2v) is 2.81. The molecule has 0 heterocycles. The highest BCUT2D eigenvalue weighted by atomic mass is 16.5. The van der Waals surface area contributed by atoms with E-state index in [0.717, 1.165) is 6.61 Å². The summed E-state index contributed by atoms with van der Waals surface area (Å²) in [5.74, 6) is 0. The second kappa shape index (κ2) is 5.55. The monoisotopic (exact) mass is 176 g/mol. The van der Waals surface area contributed by atoms with Crippen LogP contribution in [0.2, 0.25) is 0 Å². The zero-order valence-corrected chi connectivity index (χ0v) is 8.23. The van der Waals surface area contributed by atoms with Crippen LogP contribution in [0.1, 0.15) is 25.5 Å². The summed E-state index contributed by atoms with van der Waals surface area (Å²) >= 11 is 0. The number of benzene rings is 1. The van der Waals surface area contributed by atoms with Crippen molar-refractivity contribution in [3.8, 4) is 0 Å². The van der Waals surface area contributed by atoms with Crippen molar-refractivity contribution in [1.29, 1.82) is 0 Å². The van der Waals surface area contributed by atoms with Gasteiger partial charge in [0.05, 0.1) is 0 Å². The fourth-order valence-corrected chi connectivity index (χ4v) is 1.26. The van der Waals surface area contributed by atoms with Crippen LogP contribution in [-0.4, -0.2) is 6.61 Å². The van der Waals surface area contributed by atoms with Gasteiger partial charge in [-0.3, -0.25) is 0 Å². The van der Waals surface area contributed by atoms with Crippen LogP contribution in [0.4, 0.5) is 0 Å². The molecule has 0 saturated heterocycles. The van der Waals surface area contributed by atoms with Crippen LogP contribution in [-0.2, 0) is 4.74 Å². The molecular formula is C12H16O. The van der Waals surface area contributed by atoms with Crippen molar-refractivity contribution in [3.63, 3.8) is 0 Å². The molecule has 1 rings (SSSR count). The standard InChI is InChI=1S/C12H16O/c1-3-8-12(13-4-2)11-9-6-5-7-10-11/h3,5-10,12H,4H2,1-2H3/b8-3+. The van der Waals surface area contributed by atoms with Crippen LogP contribution < -0.4 is 0 Å². The molecule has 0 N–H and O–H groups in total. The van der Waals surface area contributed by atoms with E-state index in [0.29, 0.717) is 0 Å². The van der Waals surface area contributed by atoms with Crippen LogP contribution >= 0.6 is 0 Å². The lowest BCUT2D eigenvalue weighted by Crippen LogP contribution is -2.00. The van der Waals surface area contributed by atoms with E-state index < -0.39 is 0 Å². The predicted octanol–water partition coefficient (Wildman–Crippen LogP) is 3.34. The van der Waals surface area contributed by atoms with Gasteiger partial charge in [-0.1, -0.05) is 42.5 Å². The minimum atomic E-state index is 0.108.